The van der Waals surface area contributed by atoms with Crippen LogP contribution in [-0.4, -0.2) is 24.7 Å². The summed E-state index contributed by atoms with van der Waals surface area (Å²) in [7, 11) is 1.33. The molecule has 0 spiro atoms. The Morgan fingerprint density at radius 2 is 2.28 bits per heavy atom. The minimum Gasteiger partial charge on any atom is -0.478 e. The van der Waals surface area contributed by atoms with E-state index in [1.807, 2.05) is 6.92 Å². The largest absolute Gasteiger partial charge is 0.478 e. The lowest BCUT2D eigenvalue weighted by molar-refractivity contribution is 0.0601. The predicted octanol–water partition coefficient (Wildman–Crippen LogP) is 2.22. The summed E-state index contributed by atoms with van der Waals surface area (Å²) >= 11 is 0. The predicted molar refractivity (Wildman–Crippen MR) is 65.5 cm³/mol. The number of nitrogens with one attached hydrogen (secondary N) is 1. The molecule has 5 nitrogen and oxygen atoms in total. The van der Waals surface area contributed by atoms with Gasteiger partial charge in [-0.3, -0.25) is 0 Å². The van der Waals surface area contributed by atoms with Gasteiger partial charge in [0.2, 0.25) is 5.88 Å². The topological polar surface area (TPSA) is 75.1 Å². The highest BCUT2D eigenvalue weighted by molar-refractivity contribution is 5.97. The zero-order valence-corrected chi connectivity index (χ0v) is 10.1. The first-order valence-corrected chi connectivity index (χ1v) is 5.48. The number of hydrogen-bond acceptors (Lipinski definition) is 4. The maximum Gasteiger partial charge on any atom is 0.337 e. The number of rotatable bonds is 3. The third-order valence-corrected chi connectivity index (χ3v) is 2.59. The van der Waals surface area contributed by atoms with Gasteiger partial charge in [-0.25, -0.2) is 4.79 Å². The fourth-order valence-corrected chi connectivity index (χ4v) is 1.78. The van der Waals surface area contributed by atoms with Crippen LogP contribution < -0.4 is 4.74 Å². The van der Waals surface area contributed by atoms with Crippen LogP contribution in [0, 0.1) is 11.3 Å². The zero-order valence-electron chi connectivity index (χ0n) is 10.1. The number of methoxy groups -OCH3 is 1. The molecule has 0 unspecified atom stereocenters. The van der Waals surface area contributed by atoms with Crippen LogP contribution in [-0.2, 0) is 4.74 Å². The highest BCUT2D eigenvalue weighted by atomic mass is 16.5. The summed E-state index contributed by atoms with van der Waals surface area (Å²) in [5.74, 6) is 0.0139. The van der Waals surface area contributed by atoms with E-state index in [0.717, 1.165) is 5.39 Å². The summed E-state index contributed by atoms with van der Waals surface area (Å²) in [6.07, 6.45) is 0. The first kappa shape index (κ1) is 12.0. The average molecular weight is 244 g/mol. The summed E-state index contributed by atoms with van der Waals surface area (Å²) < 4.78 is 9.99. The number of hydrogen-bond donors (Lipinski definition) is 1. The van der Waals surface area contributed by atoms with Crippen molar-refractivity contribution in [1.82, 2.24) is 4.98 Å². The molecule has 1 aromatic heterocycles. The molecule has 0 bridgehead atoms. The fraction of sp³-hybridized carbons (Fsp3) is 0.231. The SMILES string of the molecule is CCOc1[nH]c2cc(C(=O)OC)ccc2c1C#N. The van der Waals surface area contributed by atoms with E-state index in [-0.39, 0.29) is 0 Å². The molecule has 0 saturated carbocycles. The minimum absolute atomic E-state index is 0.414. The number of carbonyl (C=O) groups is 1. The molecule has 0 radical (unpaired) electrons. The van der Waals surface area contributed by atoms with Gasteiger partial charge in [0, 0.05) is 5.39 Å². The van der Waals surface area contributed by atoms with Crippen molar-refractivity contribution in [3.05, 3.63) is 29.3 Å². The molecule has 0 aliphatic carbocycles. The number of nitriles is 1. The van der Waals surface area contributed by atoms with Crippen LogP contribution in [0.3, 0.4) is 0 Å². The number of ether oxygens (including phenoxy) is 2. The summed E-state index contributed by atoms with van der Waals surface area (Å²) in [5.41, 5.74) is 1.56. The second-order valence-electron chi connectivity index (χ2n) is 3.63. The van der Waals surface area contributed by atoms with E-state index in [1.165, 1.54) is 7.11 Å². The Morgan fingerprint density at radius 3 is 2.89 bits per heavy atom. The first-order chi connectivity index (χ1) is 8.71. The van der Waals surface area contributed by atoms with Gasteiger partial charge in [-0.2, -0.15) is 5.26 Å². The van der Waals surface area contributed by atoms with Crippen LogP contribution in [0.15, 0.2) is 18.2 Å². The Balaban J connectivity index is 2.59. The molecular weight excluding hydrogens is 232 g/mol. The number of nitrogens with zero attached hydrogens (tertiary/aromatic N) is 1. The molecule has 2 aromatic rings. The number of carbonyl (C=O) groups excluding carboxylic acids is 1. The van der Waals surface area contributed by atoms with Crippen molar-refractivity contribution < 1.29 is 14.3 Å². The average Bonchev–Trinajstić information content (AvgIpc) is 2.74. The van der Waals surface area contributed by atoms with Gasteiger partial charge in [0.25, 0.3) is 0 Å². The highest BCUT2D eigenvalue weighted by Gasteiger charge is 2.14. The Bertz CT molecular complexity index is 637. The first-order valence-electron chi connectivity index (χ1n) is 5.48. The quantitative estimate of drug-likeness (QED) is 0.840. The number of esters is 1. The van der Waals surface area contributed by atoms with Crippen molar-refractivity contribution in [2.75, 3.05) is 13.7 Å². The Hall–Kier alpha value is -2.48. The fourth-order valence-electron chi connectivity index (χ4n) is 1.78. The number of benzene rings is 1. The van der Waals surface area contributed by atoms with E-state index in [2.05, 4.69) is 15.8 Å². The van der Waals surface area contributed by atoms with Gasteiger partial charge >= 0.3 is 5.97 Å². The van der Waals surface area contributed by atoms with Gasteiger partial charge < -0.3 is 14.5 Å². The summed E-state index contributed by atoms with van der Waals surface area (Å²) in [6, 6.07) is 7.07. The van der Waals surface area contributed by atoms with Gasteiger partial charge in [0.15, 0.2) is 0 Å². The Morgan fingerprint density at radius 1 is 1.50 bits per heavy atom. The molecule has 0 fully saturated rings. The van der Waals surface area contributed by atoms with Gasteiger partial charge in [-0.1, -0.05) is 6.07 Å². The van der Waals surface area contributed by atoms with Gasteiger partial charge in [0.1, 0.15) is 11.6 Å². The van der Waals surface area contributed by atoms with Crippen LogP contribution >= 0.6 is 0 Å². The van der Waals surface area contributed by atoms with Crippen molar-refractivity contribution in [2.24, 2.45) is 0 Å². The minimum atomic E-state index is -0.414. The van der Waals surface area contributed by atoms with E-state index in [4.69, 9.17) is 10.00 Å². The van der Waals surface area contributed by atoms with Crippen molar-refractivity contribution in [2.45, 2.75) is 6.92 Å². The normalized spacial score (nSPS) is 10.1. The lowest BCUT2D eigenvalue weighted by Gasteiger charge is -1.98. The van der Waals surface area contributed by atoms with Crippen LogP contribution in [0.5, 0.6) is 5.88 Å². The second kappa shape index (κ2) is 4.80. The van der Waals surface area contributed by atoms with Gasteiger partial charge in [-0.05, 0) is 19.1 Å². The molecule has 0 amide bonds. The molecule has 18 heavy (non-hydrogen) atoms. The number of aromatic nitrogens is 1. The Labute approximate surface area is 104 Å². The molecule has 2 rings (SSSR count). The van der Waals surface area contributed by atoms with Crippen molar-refractivity contribution in [3.8, 4) is 11.9 Å². The number of H-pyrrole nitrogens is 1. The lowest BCUT2D eigenvalue weighted by atomic mass is 10.1. The van der Waals surface area contributed by atoms with Crippen LogP contribution in [0.1, 0.15) is 22.8 Å². The Kier molecular flexibility index (Phi) is 3.20. The molecular formula is C13H12N2O3. The van der Waals surface area contributed by atoms with Crippen LogP contribution in [0.4, 0.5) is 0 Å². The van der Waals surface area contributed by atoms with Gasteiger partial charge in [0.05, 0.1) is 24.8 Å². The monoisotopic (exact) mass is 244 g/mol. The smallest absolute Gasteiger partial charge is 0.337 e. The maximum atomic E-state index is 11.4. The number of fused-ring (bicyclic) bond motifs is 1. The van der Waals surface area contributed by atoms with Crippen LogP contribution in [0.25, 0.3) is 10.9 Å². The van der Waals surface area contributed by atoms with Crippen LogP contribution in [0.2, 0.25) is 0 Å². The lowest BCUT2D eigenvalue weighted by Crippen LogP contribution is -2.00. The summed E-state index contributed by atoms with van der Waals surface area (Å²) in [4.78, 5) is 14.4. The molecule has 1 heterocycles. The summed E-state index contributed by atoms with van der Waals surface area (Å²) in [5, 5.41) is 9.85. The third-order valence-electron chi connectivity index (χ3n) is 2.59. The molecule has 0 aliphatic heterocycles. The van der Waals surface area contributed by atoms with E-state index >= 15 is 0 Å². The van der Waals surface area contributed by atoms with E-state index in [9.17, 15) is 4.79 Å². The zero-order chi connectivity index (χ0) is 13.1. The molecule has 0 atom stereocenters. The van der Waals surface area contributed by atoms with E-state index < -0.39 is 5.97 Å². The molecule has 1 aromatic carbocycles. The third kappa shape index (κ3) is 1.89. The maximum absolute atomic E-state index is 11.4. The van der Waals surface area contributed by atoms with E-state index in [0.29, 0.717) is 29.1 Å². The van der Waals surface area contributed by atoms with Crippen molar-refractivity contribution in [3.63, 3.8) is 0 Å². The molecule has 0 saturated heterocycles. The van der Waals surface area contributed by atoms with E-state index in [1.54, 1.807) is 18.2 Å². The standard InChI is InChI=1S/C13H12N2O3/c1-3-18-12-10(7-14)9-5-4-8(13(16)17-2)6-11(9)15-12/h4-6,15H,3H2,1-2H3. The second-order valence-corrected chi connectivity index (χ2v) is 3.63. The highest BCUT2D eigenvalue weighted by Crippen LogP contribution is 2.28. The van der Waals surface area contributed by atoms with Crippen molar-refractivity contribution >= 4 is 16.9 Å². The molecule has 92 valence electrons. The van der Waals surface area contributed by atoms with Crippen molar-refractivity contribution in [1.29, 1.82) is 5.26 Å². The summed E-state index contributed by atoms with van der Waals surface area (Å²) in [6.45, 7) is 2.30. The molecule has 5 heteroatoms. The molecule has 1 N–H and O–H groups in total. The number of aromatic amines is 1. The van der Waals surface area contributed by atoms with Gasteiger partial charge in [-0.15, -0.1) is 0 Å². The molecule has 0 aliphatic rings.